The van der Waals surface area contributed by atoms with E-state index in [-0.39, 0.29) is 17.7 Å². The van der Waals surface area contributed by atoms with Crippen LogP contribution in [0, 0.1) is 7.14 Å². The molecule has 1 aliphatic heterocycles. The summed E-state index contributed by atoms with van der Waals surface area (Å²) in [6.07, 6.45) is 1.76. The first kappa shape index (κ1) is 26.8. The van der Waals surface area contributed by atoms with Crippen molar-refractivity contribution in [2.75, 3.05) is 0 Å². The molecule has 4 aromatic carbocycles. The van der Waals surface area contributed by atoms with E-state index in [9.17, 15) is 9.59 Å². The molecule has 0 N–H and O–H groups in total. The monoisotopic (exact) mass is 771 g/mol. The first-order chi connectivity index (χ1) is 17.8. The maximum Gasteiger partial charge on any atom is 0.293 e. The zero-order chi connectivity index (χ0) is 26.1. The Morgan fingerprint density at radius 1 is 0.892 bits per heavy atom. The van der Waals surface area contributed by atoms with E-state index in [1.54, 1.807) is 18.2 Å². The number of hydrogen-bond acceptors (Lipinski definition) is 4. The molecule has 9 heteroatoms. The molecule has 1 aliphatic rings. The first-order valence-corrected chi connectivity index (χ1v) is 14.8. The first-order valence-electron chi connectivity index (χ1n) is 11.1. The lowest BCUT2D eigenvalue weighted by Gasteiger charge is -2.14. The van der Waals surface area contributed by atoms with Crippen LogP contribution in [0.2, 0.25) is 10.0 Å². The second-order valence-electron chi connectivity index (χ2n) is 8.24. The number of hydrogen-bond donors (Lipinski definition) is 0. The summed E-state index contributed by atoms with van der Waals surface area (Å²) in [5, 5.41) is 2.96. The standard InChI is InChI=1S/C28H17Cl2I2NO3S/c29-20-9-8-19(22(30)13-20)15-36-26-23(31)10-16(11-24(26)32)12-25-27(34)33(28(35)37-25)14-18-6-3-5-17-4-1-2-7-21(17)18/h1-13H,14-15H2/b25-12+. The van der Waals surface area contributed by atoms with Crippen LogP contribution in [-0.2, 0) is 17.9 Å². The van der Waals surface area contributed by atoms with Crippen molar-refractivity contribution in [3.05, 3.63) is 112 Å². The molecule has 5 rings (SSSR count). The molecule has 0 atom stereocenters. The topological polar surface area (TPSA) is 46.6 Å². The van der Waals surface area contributed by atoms with Gasteiger partial charge in [0.15, 0.2) is 0 Å². The van der Waals surface area contributed by atoms with E-state index < -0.39 is 0 Å². The smallest absolute Gasteiger partial charge is 0.293 e. The highest BCUT2D eigenvalue weighted by Gasteiger charge is 2.35. The SMILES string of the molecule is O=C1S/C(=C/c2cc(I)c(OCc3ccc(Cl)cc3Cl)c(I)c2)C(=O)N1Cc1cccc2ccccc12. The Hall–Kier alpha value is -1.79. The van der Waals surface area contributed by atoms with E-state index in [2.05, 4.69) is 45.2 Å². The number of rotatable bonds is 6. The Morgan fingerprint density at radius 3 is 2.38 bits per heavy atom. The molecule has 0 spiro atoms. The van der Waals surface area contributed by atoms with E-state index in [1.165, 1.54) is 4.90 Å². The number of thioether (sulfide) groups is 1. The Labute approximate surface area is 255 Å². The molecule has 1 saturated heterocycles. The van der Waals surface area contributed by atoms with Gasteiger partial charge in [-0.3, -0.25) is 14.5 Å². The molecule has 186 valence electrons. The molecule has 0 aromatic heterocycles. The maximum absolute atomic E-state index is 13.2. The number of benzene rings is 4. The van der Waals surface area contributed by atoms with Gasteiger partial charge >= 0.3 is 0 Å². The lowest BCUT2D eigenvalue weighted by Crippen LogP contribution is -2.27. The van der Waals surface area contributed by atoms with Crippen molar-refractivity contribution in [2.24, 2.45) is 0 Å². The summed E-state index contributed by atoms with van der Waals surface area (Å²) in [4.78, 5) is 27.7. The summed E-state index contributed by atoms with van der Waals surface area (Å²) < 4.78 is 7.83. The normalized spacial score (nSPS) is 14.7. The van der Waals surface area contributed by atoms with Crippen molar-refractivity contribution < 1.29 is 14.3 Å². The second-order valence-corrected chi connectivity index (χ2v) is 12.4. The number of carbonyl (C=O) groups excluding carboxylic acids is 2. The summed E-state index contributed by atoms with van der Waals surface area (Å²) >= 11 is 17.6. The highest BCUT2D eigenvalue weighted by atomic mass is 127. The molecule has 4 nitrogen and oxygen atoms in total. The minimum absolute atomic E-state index is 0.235. The minimum atomic E-state index is -0.286. The van der Waals surface area contributed by atoms with Crippen LogP contribution in [0.4, 0.5) is 4.79 Å². The molecule has 2 amide bonds. The Morgan fingerprint density at radius 2 is 1.62 bits per heavy atom. The molecule has 4 aromatic rings. The maximum atomic E-state index is 13.2. The van der Waals surface area contributed by atoms with Gasteiger partial charge in [-0.2, -0.15) is 0 Å². The fourth-order valence-corrected chi connectivity index (χ4v) is 7.41. The van der Waals surface area contributed by atoms with Gasteiger partial charge in [-0.25, -0.2) is 0 Å². The van der Waals surface area contributed by atoms with Crippen LogP contribution < -0.4 is 4.74 Å². The van der Waals surface area contributed by atoms with Gasteiger partial charge in [0.2, 0.25) is 0 Å². The number of imide groups is 1. The van der Waals surface area contributed by atoms with Crippen molar-refractivity contribution >= 4 is 108 Å². The molecular weight excluding hydrogens is 755 g/mol. The van der Waals surface area contributed by atoms with Crippen LogP contribution in [-0.4, -0.2) is 16.0 Å². The van der Waals surface area contributed by atoms with Gasteiger partial charge in [0.05, 0.1) is 18.6 Å². The molecule has 0 unspecified atom stereocenters. The lowest BCUT2D eigenvalue weighted by atomic mass is 10.0. The average Bonchev–Trinajstić information content (AvgIpc) is 3.12. The summed E-state index contributed by atoms with van der Waals surface area (Å²) in [6, 6.07) is 23.0. The molecule has 1 fully saturated rings. The van der Waals surface area contributed by atoms with Crippen LogP contribution >= 0.6 is 80.1 Å². The van der Waals surface area contributed by atoms with Crippen molar-refractivity contribution in [3.63, 3.8) is 0 Å². The van der Waals surface area contributed by atoms with E-state index in [0.29, 0.717) is 21.6 Å². The fraction of sp³-hybridized carbons (Fsp3) is 0.0714. The molecule has 0 radical (unpaired) electrons. The van der Waals surface area contributed by atoms with Crippen LogP contribution in [0.5, 0.6) is 5.75 Å². The van der Waals surface area contributed by atoms with Crippen molar-refractivity contribution in [1.29, 1.82) is 0 Å². The van der Waals surface area contributed by atoms with Crippen molar-refractivity contribution in [2.45, 2.75) is 13.2 Å². The molecule has 0 aliphatic carbocycles. The second kappa shape index (κ2) is 11.5. The molecule has 37 heavy (non-hydrogen) atoms. The zero-order valence-electron chi connectivity index (χ0n) is 19.0. The molecule has 0 saturated carbocycles. The number of amides is 2. The van der Waals surface area contributed by atoms with Gasteiger partial charge in [0.25, 0.3) is 11.1 Å². The van der Waals surface area contributed by atoms with E-state index in [4.69, 9.17) is 27.9 Å². The van der Waals surface area contributed by atoms with Gasteiger partial charge in [0.1, 0.15) is 12.4 Å². The third kappa shape index (κ3) is 5.95. The molecule has 0 bridgehead atoms. The molecule has 1 heterocycles. The summed E-state index contributed by atoms with van der Waals surface area (Å²) in [5.41, 5.74) is 2.59. The summed E-state index contributed by atoms with van der Waals surface area (Å²) in [6.45, 7) is 0.535. The summed E-state index contributed by atoms with van der Waals surface area (Å²) in [7, 11) is 0. The van der Waals surface area contributed by atoms with Crippen molar-refractivity contribution in [1.82, 2.24) is 4.90 Å². The molecular formula is C28H17Cl2I2NO3S. The van der Waals surface area contributed by atoms with Gasteiger partial charge < -0.3 is 4.74 Å². The average molecular weight is 772 g/mol. The number of ether oxygens (including phenoxy) is 1. The largest absolute Gasteiger partial charge is 0.487 e. The zero-order valence-corrected chi connectivity index (χ0v) is 25.7. The van der Waals surface area contributed by atoms with Crippen molar-refractivity contribution in [3.8, 4) is 5.75 Å². The fourth-order valence-electron chi connectivity index (χ4n) is 3.98. The Kier molecular flexibility index (Phi) is 8.35. The minimum Gasteiger partial charge on any atom is -0.487 e. The van der Waals surface area contributed by atoms with E-state index in [1.807, 2.05) is 60.7 Å². The van der Waals surface area contributed by atoms with Gasteiger partial charge in [-0.05, 0) is 109 Å². The third-order valence-corrected chi connectivity index (χ3v) is 8.88. The quantitative estimate of drug-likeness (QED) is 0.145. The van der Waals surface area contributed by atoms with E-state index >= 15 is 0 Å². The Bertz CT molecular complexity index is 1560. The predicted molar refractivity (Wildman–Crippen MR) is 168 cm³/mol. The van der Waals surface area contributed by atoms with Crippen LogP contribution in [0.15, 0.2) is 77.7 Å². The highest BCUT2D eigenvalue weighted by molar-refractivity contribution is 14.1. The van der Waals surface area contributed by atoms with Crippen LogP contribution in [0.25, 0.3) is 16.8 Å². The number of nitrogens with zero attached hydrogens (tertiary/aromatic N) is 1. The van der Waals surface area contributed by atoms with Gasteiger partial charge in [-0.1, -0.05) is 71.7 Å². The number of halogens is 4. The van der Waals surface area contributed by atoms with Gasteiger partial charge in [-0.15, -0.1) is 0 Å². The van der Waals surface area contributed by atoms with Crippen LogP contribution in [0.1, 0.15) is 16.7 Å². The predicted octanol–water partition coefficient (Wildman–Crippen LogP) is 9.17. The highest BCUT2D eigenvalue weighted by Crippen LogP contribution is 2.36. The van der Waals surface area contributed by atoms with Gasteiger partial charge in [0, 0.05) is 15.6 Å². The van der Waals surface area contributed by atoms with E-state index in [0.717, 1.165) is 52.1 Å². The lowest BCUT2D eigenvalue weighted by molar-refractivity contribution is -0.123. The number of fused-ring (bicyclic) bond motifs is 1. The van der Waals surface area contributed by atoms with Crippen LogP contribution in [0.3, 0.4) is 0 Å². The summed E-state index contributed by atoms with van der Waals surface area (Å²) in [5.74, 6) is 0.444. The Balaban J connectivity index is 1.34. The third-order valence-electron chi connectivity index (χ3n) is 5.79. The number of carbonyl (C=O) groups is 2.